The van der Waals surface area contributed by atoms with E-state index in [1.807, 2.05) is 36.4 Å². The lowest BCUT2D eigenvalue weighted by Crippen LogP contribution is -2.12. The Morgan fingerprint density at radius 1 is 0.851 bits per heavy atom. The molecule has 248 valence electrons. The van der Waals surface area contributed by atoms with Crippen LogP contribution in [0.3, 0.4) is 0 Å². The molecule has 0 fully saturated rings. The maximum absolute atomic E-state index is 12.7. The van der Waals surface area contributed by atoms with Crippen molar-refractivity contribution in [3.05, 3.63) is 114 Å². The summed E-state index contributed by atoms with van der Waals surface area (Å²) >= 11 is 1.53. The van der Waals surface area contributed by atoms with E-state index in [2.05, 4.69) is 16.9 Å². The van der Waals surface area contributed by atoms with Gasteiger partial charge in [-0.05, 0) is 85.5 Å². The first-order valence-electron chi connectivity index (χ1n) is 15.7. The summed E-state index contributed by atoms with van der Waals surface area (Å²) in [7, 11) is -0.671. The molecule has 1 N–H and O–H groups in total. The van der Waals surface area contributed by atoms with Crippen molar-refractivity contribution < 1.29 is 27.4 Å². The number of aryl methyl sites for hydroxylation is 1. The standard InChI is InChI=1S/C37H42N2O6S2/c1-43-32-21-18-29(19-22-32)13-8-5-3-4-6-11-26-45-36-24-20-31(38-35(36)23-25-37(40)44-2)28-46-33-15-12-14-30(27-33)39-47(41,42)34-16-9-7-10-17-34/h7,9-10,12,14-25,27,39H,3-6,8,11,13,26,28H2,1-2H3/b25-23+. The van der Waals surface area contributed by atoms with Gasteiger partial charge in [0.1, 0.15) is 17.2 Å². The number of ether oxygens (including phenoxy) is 3. The van der Waals surface area contributed by atoms with Gasteiger partial charge in [0, 0.05) is 22.4 Å². The number of hydrogen-bond donors (Lipinski definition) is 1. The Morgan fingerprint density at radius 3 is 2.34 bits per heavy atom. The smallest absolute Gasteiger partial charge is 0.330 e. The monoisotopic (exact) mass is 674 g/mol. The molecule has 0 saturated heterocycles. The van der Waals surface area contributed by atoms with Crippen molar-refractivity contribution in [2.24, 2.45) is 0 Å². The second-order valence-electron chi connectivity index (χ2n) is 10.8. The average Bonchev–Trinajstić information content (AvgIpc) is 3.10. The van der Waals surface area contributed by atoms with Crippen LogP contribution in [0.4, 0.5) is 5.69 Å². The molecule has 0 unspecified atom stereocenters. The molecule has 0 radical (unpaired) electrons. The summed E-state index contributed by atoms with van der Waals surface area (Å²) in [5.74, 6) is 1.56. The molecule has 4 aromatic rings. The molecule has 0 aliphatic carbocycles. The van der Waals surface area contributed by atoms with E-state index in [9.17, 15) is 13.2 Å². The first-order chi connectivity index (χ1) is 22.9. The van der Waals surface area contributed by atoms with Gasteiger partial charge in [-0.1, -0.05) is 62.1 Å². The molecule has 1 aromatic heterocycles. The van der Waals surface area contributed by atoms with Gasteiger partial charge in [0.15, 0.2) is 0 Å². The quantitative estimate of drug-likeness (QED) is 0.0458. The van der Waals surface area contributed by atoms with Gasteiger partial charge < -0.3 is 14.2 Å². The summed E-state index contributed by atoms with van der Waals surface area (Å²) in [5, 5.41) is 0. The number of nitrogens with zero attached hydrogens (tertiary/aromatic N) is 1. The van der Waals surface area contributed by atoms with E-state index < -0.39 is 16.0 Å². The Balaban J connectivity index is 1.25. The van der Waals surface area contributed by atoms with Crippen molar-refractivity contribution in [1.82, 2.24) is 4.98 Å². The summed E-state index contributed by atoms with van der Waals surface area (Å²) in [6.07, 6.45) is 10.8. The van der Waals surface area contributed by atoms with E-state index in [0.29, 0.717) is 29.5 Å². The Kier molecular flexibility index (Phi) is 14.2. The van der Waals surface area contributed by atoms with E-state index in [0.717, 1.165) is 42.0 Å². The molecule has 0 aliphatic heterocycles. The topological polar surface area (TPSA) is 104 Å². The first-order valence-corrected chi connectivity index (χ1v) is 18.2. The Labute approximate surface area is 282 Å². The summed E-state index contributed by atoms with van der Waals surface area (Å²) in [4.78, 5) is 17.6. The van der Waals surface area contributed by atoms with Crippen molar-refractivity contribution in [2.45, 2.75) is 60.5 Å². The lowest BCUT2D eigenvalue weighted by Gasteiger charge is -2.11. The number of sulfonamides is 1. The van der Waals surface area contributed by atoms with E-state index in [1.165, 1.54) is 49.8 Å². The fourth-order valence-electron chi connectivity index (χ4n) is 4.77. The van der Waals surface area contributed by atoms with Crippen molar-refractivity contribution >= 4 is 39.5 Å². The Bertz CT molecular complexity index is 1690. The molecule has 10 heteroatoms. The number of thioether (sulfide) groups is 1. The molecule has 4 rings (SSSR count). The zero-order chi connectivity index (χ0) is 33.3. The van der Waals surface area contributed by atoms with Crippen LogP contribution in [-0.2, 0) is 31.7 Å². The highest BCUT2D eigenvalue weighted by Crippen LogP contribution is 2.28. The number of pyridine rings is 1. The number of hydrogen-bond acceptors (Lipinski definition) is 8. The fourth-order valence-corrected chi connectivity index (χ4v) is 6.71. The van der Waals surface area contributed by atoms with Gasteiger partial charge in [-0.2, -0.15) is 0 Å². The highest BCUT2D eigenvalue weighted by Gasteiger charge is 2.14. The zero-order valence-corrected chi connectivity index (χ0v) is 28.5. The van der Waals surface area contributed by atoms with Crippen molar-refractivity contribution in [1.29, 1.82) is 0 Å². The summed E-state index contributed by atoms with van der Waals surface area (Å²) in [6, 6.07) is 27.6. The van der Waals surface area contributed by atoms with Gasteiger partial charge in [-0.3, -0.25) is 4.72 Å². The number of benzene rings is 3. The highest BCUT2D eigenvalue weighted by atomic mass is 32.2. The van der Waals surface area contributed by atoms with Gasteiger partial charge in [-0.15, -0.1) is 11.8 Å². The number of anilines is 1. The number of aromatic nitrogens is 1. The number of esters is 1. The molecule has 0 amide bonds. The maximum atomic E-state index is 12.7. The number of methoxy groups -OCH3 is 2. The maximum Gasteiger partial charge on any atom is 0.330 e. The van der Waals surface area contributed by atoms with E-state index in [4.69, 9.17) is 19.2 Å². The van der Waals surface area contributed by atoms with Crippen LogP contribution in [0, 0.1) is 0 Å². The largest absolute Gasteiger partial charge is 0.497 e. The van der Waals surface area contributed by atoms with Crippen LogP contribution in [0.1, 0.15) is 55.5 Å². The molecule has 1 heterocycles. The number of carbonyl (C=O) groups excluding carboxylic acids is 1. The minimum Gasteiger partial charge on any atom is -0.497 e. The molecule has 0 aliphatic rings. The number of carbonyl (C=O) groups is 1. The van der Waals surface area contributed by atoms with Gasteiger partial charge >= 0.3 is 5.97 Å². The third kappa shape index (κ3) is 12.1. The van der Waals surface area contributed by atoms with E-state index >= 15 is 0 Å². The minimum atomic E-state index is -3.69. The number of unbranched alkanes of at least 4 members (excludes halogenated alkanes) is 5. The third-order valence-corrected chi connectivity index (χ3v) is 9.75. The van der Waals surface area contributed by atoms with Crippen LogP contribution in [0.15, 0.2) is 107 Å². The second kappa shape index (κ2) is 18.8. The highest BCUT2D eigenvalue weighted by molar-refractivity contribution is 7.98. The Hall–Kier alpha value is -4.28. The van der Waals surface area contributed by atoms with E-state index in [1.54, 1.807) is 55.7 Å². The minimum absolute atomic E-state index is 0.203. The predicted octanol–water partition coefficient (Wildman–Crippen LogP) is 8.33. The van der Waals surface area contributed by atoms with Gasteiger partial charge in [0.2, 0.25) is 0 Å². The number of rotatable bonds is 19. The second-order valence-corrected chi connectivity index (χ2v) is 13.6. The van der Waals surface area contributed by atoms with Crippen molar-refractivity contribution in [2.75, 3.05) is 25.5 Å². The summed E-state index contributed by atoms with van der Waals surface area (Å²) < 4.78 is 44.2. The van der Waals surface area contributed by atoms with Crippen LogP contribution < -0.4 is 14.2 Å². The van der Waals surface area contributed by atoms with E-state index in [-0.39, 0.29) is 4.90 Å². The molecule has 0 saturated carbocycles. The molecular formula is C37H42N2O6S2. The lowest BCUT2D eigenvalue weighted by atomic mass is 10.0. The molecule has 3 aromatic carbocycles. The predicted molar refractivity (Wildman–Crippen MR) is 188 cm³/mol. The molecular weight excluding hydrogens is 633 g/mol. The SMILES string of the molecule is COC(=O)/C=C/c1nc(CSc2cccc(NS(=O)(=O)c3ccccc3)c2)ccc1OCCCCCCCCc1ccc(OC)cc1. The fraction of sp³-hybridized carbons (Fsp3) is 0.297. The average molecular weight is 675 g/mol. The normalized spacial score (nSPS) is 11.4. The van der Waals surface area contributed by atoms with Crippen molar-refractivity contribution in [3.8, 4) is 11.5 Å². The van der Waals surface area contributed by atoms with Gasteiger partial charge in [0.25, 0.3) is 10.0 Å². The third-order valence-electron chi connectivity index (χ3n) is 7.32. The molecule has 8 nitrogen and oxygen atoms in total. The van der Waals surface area contributed by atoms with Crippen LogP contribution in [-0.4, -0.2) is 40.2 Å². The lowest BCUT2D eigenvalue weighted by molar-refractivity contribution is -0.134. The molecule has 0 atom stereocenters. The van der Waals surface area contributed by atoms with Crippen LogP contribution in [0.5, 0.6) is 11.5 Å². The molecule has 47 heavy (non-hydrogen) atoms. The van der Waals surface area contributed by atoms with Crippen molar-refractivity contribution in [3.63, 3.8) is 0 Å². The van der Waals surface area contributed by atoms with Gasteiger partial charge in [-0.25, -0.2) is 18.2 Å². The zero-order valence-electron chi connectivity index (χ0n) is 26.9. The van der Waals surface area contributed by atoms with Crippen LogP contribution in [0.25, 0.3) is 6.08 Å². The Morgan fingerprint density at radius 2 is 1.60 bits per heavy atom. The van der Waals surface area contributed by atoms with Crippen LogP contribution in [0.2, 0.25) is 0 Å². The number of nitrogens with one attached hydrogen (secondary N) is 1. The first kappa shape index (κ1) is 35.6. The summed E-state index contributed by atoms with van der Waals surface area (Å²) in [6.45, 7) is 0.562. The summed E-state index contributed by atoms with van der Waals surface area (Å²) in [5.41, 5.74) is 3.16. The molecule has 0 bridgehead atoms. The van der Waals surface area contributed by atoms with Gasteiger partial charge in [0.05, 0.1) is 31.4 Å². The molecule has 0 spiro atoms. The van der Waals surface area contributed by atoms with Crippen LogP contribution >= 0.6 is 11.8 Å².